The zero-order valence-corrected chi connectivity index (χ0v) is 17.4. The van der Waals surface area contributed by atoms with Crippen LogP contribution in [-0.4, -0.2) is 36.3 Å². The first kappa shape index (κ1) is 21.0. The van der Waals surface area contributed by atoms with Crippen LogP contribution < -0.4 is 0 Å². The van der Waals surface area contributed by atoms with E-state index in [-0.39, 0.29) is 18.1 Å². The summed E-state index contributed by atoms with van der Waals surface area (Å²) in [5.74, 6) is 0.236. The topological polar surface area (TPSA) is 38.8 Å². The van der Waals surface area contributed by atoms with E-state index in [0.29, 0.717) is 13.2 Å². The Morgan fingerprint density at radius 2 is 2.12 bits per heavy atom. The Balaban J connectivity index is 2.19. The molecule has 1 aromatic rings. The van der Waals surface area contributed by atoms with Crippen molar-refractivity contribution in [3.63, 3.8) is 0 Å². The number of ether oxygens (including phenoxy) is 2. The minimum atomic E-state index is -0.480. The van der Waals surface area contributed by atoms with E-state index < -0.39 is 5.60 Å². The highest BCUT2D eigenvalue weighted by Crippen LogP contribution is 2.36. The third kappa shape index (κ3) is 5.88. The first-order chi connectivity index (χ1) is 12.2. The summed E-state index contributed by atoms with van der Waals surface area (Å²) in [6, 6.07) is 5.95. The van der Waals surface area contributed by atoms with Crippen molar-refractivity contribution in [2.24, 2.45) is 5.92 Å². The van der Waals surface area contributed by atoms with E-state index in [9.17, 15) is 4.79 Å². The van der Waals surface area contributed by atoms with E-state index >= 15 is 0 Å². The fourth-order valence-corrected chi connectivity index (χ4v) is 3.57. The van der Waals surface area contributed by atoms with Crippen LogP contribution in [0.1, 0.15) is 64.2 Å². The molecule has 2 rings (SSSR count). The van der Waals surface area contributed by atoms with Crippen molar-refractivity contribution < 1.29 is 14.3 Å². The minimum Gasteiger partial charge on any atom is -0.444 e. The van der Waals surface area contributed by atoms with E-state index in [0.717, 1.165) is 36.4 Å². The predicted octanol–water partition coefficient (Wildman–Crippen LogP) is 5.76. The summed E-state index contributed by atoms with van der Waals surface area (Å²) in [5, 5.41) is 0.718. The minimum absolute atomic E-state index is 0.0566. The maximum atomic E-state index is 12.5. The molecule has 0 bridgehead atoms. The van der Waals surface area contributed by atoms with Crippen LogP contribution >= 0.6 is 11.6 Å². The van der Waals surface area contributed by atoms with Crippen molar-refractivity contribution in [1.82, 2.24) is 4.90 Å². The number of nitrogens with zero attached hydrogens (tertiary/aromatic N) is 1. The molecule has 0 radical (unpaired) electrons. The van der Waals surface area contributed by atoms with Gasteiger partial charge in [-0.15, -0.1) is 0 Å². The molecule has 4 nitrogen and oxygen atoms in total. The molecule has 0 unspecified atom stereocenters. The lowest BCUT2D eigenvalue weighted by Crippen LogP contribution is -2.44. The Bertz CT molecular complexity index is 612. The molecular formula is C21H32ClNO3. The number of carbonyl (C=O) groups excluding carboxylic acids is 1. The monoisotopic (exact) mass is 381 g/mol. The average Bonchev–Trinajstić information content (AvgIpc) is 2.57. The second kappa shape index (κ2) is 9.09. The van der Waals surface area contributed by atoms with Gasteiger partial charge in [0, 0.05) is 30.6 Å². The summed E-state index contributed by atoms with van der Waals surface area (Å²) in [7, 11) is 0. The van der Waals surface area contributed by atoms with Crippen LogP contribution in [0.4, 0.5) is 4.79 Å². The van der Waals surface area contributed by atoms with Gasteiger partial charge in [-0.25, -0.2) is 4.79 Å². The van der Waals surface area contributed by atoms with Gasteiger partial charge in [-0.3, -0.25) is 0 Å². The highest BCUT2D eigenvalue weighted by molar-refractivity contribution is 6.30. The third-order valence-corrected chi connectivity index (χ3v) is 4.82. The van der Waals surface area contributed by atoms with Crippen LogP contribution in [0.3, 0.4) is 0 Å². The second-order valence-electron chi connectivity index (χ2n) is 8.12. The van der Waals surface area contributed by atoms with E-state index in [1.54, 1.807) is 0 Å². The summed E-state index contributed by atoms with van der Waals surface area (Å²) < 4.78 is 11.8. The predicted molar refractivity (Wildman–Crippen MR) is 106 cm³/mol. The van der Waals surface area contributed by atoms with Gasteiger partial charge in [0.05, 0.1) is 6.10 Å². The zero-order chi connectivity index (χ0) is 19.3. The lowest BCUT2D eigenvalue weighted by molar-refractivity contribution is -0.0257. The van der Waals surface area contributed by atoms with Gasteiger partial charge in [0.2, 0.25) is 0 Å². The number of rotatable bonds is 5. The van der Waals surface area contributed by atoms with E-state index in [4.69, 9.17) is 21.1 Å². The smallest absolute Gasteiger partial charge is 0.410 e. The van der Waals surface area contributed by atoms with Gasteiger partial charge in [0.15, 0.2) is 0 Å². The molecule has 2 atom stereocenters. The molecule has 0 saturated carbocycles. The fourth-order valence-electron chi connectivity index (χ4n) is 3.39. The number of hydrogen-bond donors (Lipinski definition) is 0. The molecule has 1 aliphatic heterocycles. The van der Waals surface area contributed by atoms with Gasteiger partial charge in [-0.1, -0.05) is 24.6 Å². The summed E-state index contributed by atoms with van der Waals surface area (Å²) >= 11 is 6.25. The standard InChI is InChI=1S/C21H32ClNO3/c1-6-12-25-19(18-13-17(22)10-9-15(18)2)16-8-7-11-23(14-16)20(24)26-21(3,4)5/h9-10,13,16,19H,6-8,11-12,14H2,1-5H3/t16-,19-/m1/s1. The normalized spacial score (nSPS) is 19.3. The first-order valence-electron chi connectivity index (χ1n) is 9.57. The van der Waals surface area contributed by atoms with Crippen molar-refractivity contribution in [2.75, 3.05) is 19.7 Å². The van der Waals surface area contributed by atoms with Crippen LogP contribution in [0.5, 0.6) is 0 Å². The van der Waals surface area contributed by atoms with Crippen molar-refractivity contribution in [2.45, 2.75) is 65.6 Å². The van der Waals surface area contributed by atoms with Gasteiger partial charge in [-0.2, -0.15) is 0 Å². The van der Waals surface area contributed by atoms with Crippen LogP contribution in [-0.2, 0) is 9.47 Å². The number of benzene rings is 1. The first-order valence-corrected chi connectivity index (χ1v) is 9.94. The Morgan fingerprint density at radius 3 is 2.77 bits per heavy atom. The van der Waals surface area contributed by atoms with E-state index in [2.05, 4.69) is 13.8 Å². The molecule has 1 saturated heterocycles. The summed E-state index contributed by atoms with van der Waals surface area (Å²) in [5.41, 5.74) is 1.82. The molecule has 26 heavy (non-hydrogen) atoms. The molecule has 0 N–H and O–H groups in total. The fraction of sp³-hybridized carbons (Fsp3) is 0.667. The van der Waals surface area contributed by atoms with Crippen molar-refractivity contribution >= 4 is 17.7 Å². The lowest BCUT2D eigenvalue weighted by atomic mass is 9.86. The van der Waals surface area contributed by atoms with Gasteiger partial charge >= 0.3 is 6.09 Å². The molecule has 146 valence electrons. The number of amides is 1. The molecule has 0 aliphatic carbocycles. The highest BCUT2D eigenvalue weighted by Gasteiger charge is 2.33. The summed E-state index contributed by atoms with van der Waals surface area (Å²) in [4.78, 5) is 14.3. The average molecular weight is 382 g/mol. The van der Waals surface area contributed by atoms with Crippen LogP contribution in [0.15, 0.2) is 18.2 Å². The Hall–Kier alpha value is -1.26. The molecule has 1 heterocycles. The number of hydrogen-bond acceptors (Lipinski definition) is 3. The highest BCUT2D eigenvalue weighted by atomic mass is 35.5. The number of carbonyl (C=O) groups is 1. The summed E-state index contributed by atoms with van der Waals surface area (Å²) in [6.45, 7) is 12.0. The maximum Gasteiger partial charge on any atom is 0.410 e. The van der Waals surface area contributed by atoms with E-state index in [1.165, 1.54) is 5.56 Å². The Morgan fingerprint density at radius 1 is 1.38 bits per heavy atom. The van der Waals surface area contributed by atoms with E-state index in [1.807, 2.05) is 43.9 Å². The SMILES string of the molecule is CCCO[C@@H](c1cc(Cl)ccc1C)[C@@H]1CCCN(C(=O)OC(C)(C)C)C1. The molecule has 5 heteroatoms. The second-order valence-corrected chi connectivity index (χ2v) is 8.56. The molecule has 1 aliphatic rings. The van der Waals surface area contributed by atoms with Crippen LogP contribution in [0.2, 0.25) is 5.02 Å². The lowest BCUT2D eigenvalue weighted by Gasteiger charge is -2.38. The Kier molecular flexibility index (Phi) is 7.36. The van der Waals surface area contributed by atoms with Gasteiger partial charge < -0.3 is 14.4 Å². The summed E-state index contributed by atoms with van der Waals surface area (Å²) in [6.07, 6.45) is 2.64. The van der Waals surface area contributed by atoms with Crippen molar-refractivity contribution in [1.29, 1.82) is 0 Å². The molecular weight excluding hydrogens is 350 g/mol. The van der Waals surface area contributed by atoms with Gasteiger partial charge in [-0.05, 0) is 70.2 Å². The Labute approximate surface area is 162 Å². The van der Waals surface area contributed by atoms with Gasteiger partial charge in [0.1, 0.15) is 5.60 Å². The zero-order valence-electron chi connectivity index (χ0n) is 16.7. The molecule has 0 aromatic heterocycles. The van der Waals surface area contributed by atoms with Crippen molar-refractivity contribution in [3.05, 3.63) is 34.3 Å². The number of piperidine rings is 1. The van der Waals surface area contributed by atoms with Crippen LogP contribution in [0, 0.1) is 12.8 Å². The van der Waals surface area contributed by atoms with Crippen molar-refractivity contribution in [3.8, 4) is 0 Å². The number of halogens is 1. The molecule has 0 spiro atoms. The molecule has 1 amide bonds. The number of likely N-dealkylation sites (tertiary alicyclic amines) is 1. The number of aryl methyl sites for hydroxylation is 1. The van der Waals surface area contributed by atoms with Gasteiger partial charge in [0.25, 0.3) is 0 Å². The maximum absolute atomic E-state index is 12.5. The molecule has 1 aromatic carbocycles. The molecule has 1 fully saturated rings. The quantitative estimate of drug-likeness (QED) is 0.650. The van der Waals surface area contributed by atoms with Crippen LogP contribution in [0.25, 0.3) is 0 Å². The third-order valence-electron chi connectivity index (χ3n) is 4.59. The largest absolute Gasteiger partial charge is 0.444 e.